The van der Waals surface area contributed by atoms with E-state index >= 15 is 0 Å². The van der Waals surface area contributed by atoms with Crippen molar-refractivity contribution >= 4 is 18.0 Å². The van der Waals surface area contributed by atoms with Gasteiger partial charge in [-0.3, -0.25) is 4.79 Å². The molecule has 1 amide bonds. The molecule has 0 spiro atoms. The molecule has 0 radical (unpaired) electrons. The van der Waals surface area contributed by atoms with Gasteiger partial charge in [0.05, 0.1) is 12.6 Å². The van der Waals surface area contributed by atoms with Crippen molar-refractivity contribution in [2.24, 2.45) is 0 Å². The fraction of sp³-hybridized carbons (Fsp3) is 0.250. The van der Waals surface area contributed by atoms with Gasteiger partial charge in [-0.1, -0.05) is 24.3 Å². The van der Waals surface area contributed by atoms with E-state index in [9.17, 15) is 14.4 Å². The van der Waals surface area contributed by atoms with Gasteiger partial charge in [-0.25, -0.2) is 9.59 Å². The summed E-state index contributed by atoms with van der Waals surface area (Å²) < 4.78 is 0.703. The standard InChI is InChI=1S/C16H17N3O5/c1-10-4-2-3-5-11(10)8-12(9-14(20)21)18-16(24)19-13(15(22)23)6-7-17-19/h2-7,12H,8-9H2,1H3,(H,18,24)(H,20,21)(H,22,23). The van der Waals surface area contributed by atoms with Gasteiger partial charge in [-0.2, -0.15) is 9.78 Å². The van der Waals surface area contributed by atoms with Gasteiger partial charge >= 0.3 is 18.0 Å². The Morgan fingerprint density at radius 3 is 2.54 bits per heavy atom. The van der Waals surface area contributed by atoms with Gasteiger partial charge in [-0.05, 0) is 30.5 Å². The molecule has 2 aromatic rings. The number of aromatic carboxylic acids is 1. The summed E-state index contributed by atoms with van der Waals surface area (Å²) in [5.41, 5.74) is 1.59. The lowest BCUT2D eigenvalue weighted by atomic mass is 9.99. The van der Waals surface area contributed by atoms with E-state index in [4.69, 9.17) is 10.2 Å². The Bertz CT molecular complexity index is 769. The molecule has 2 rings (SSSR count). The average molecular weight is 331 g/mol. The summed E-state index contributed by atoms with van der Waals surface area (Å²) in [6, 6.07) is 7.16. The Morgan fingerprint density at radius 1 is 1.21 bits per heavy atom. The van der Waals surface area contributed by atoms with Crippen molar-refractivity contribution < 1.29 is 24.6 Å². The van der Waals surface area contributed by atoms with E-state index in [0.717, 1.165) is 11.1 Å². The van der Waals surface area contributed by atoms with Crippen LogP contribution in [0.3, 0.4) is 0 Å². The summed E-state index contributed by atoms with van der Waals surface area (Å²) in [7, 11) is 0. The second-order valence-electron chi connectivity index (χ2n) is 5.31. The van der Waals surface area contributed by atoms with E-state index in [-0.39, 0.29) is 12.1 Å². The number of amides is 1. The number of aliphatic carboxylic acids is 1. The lowest BCUT2D eigenvalue weighted by molar-refractivity contribution is -0.137. The Balaban J connectivity index is 2.18. The number of carboxylic acid groups (broad SMARTS) is 2. The minimum absolute atomic E-state index is 0.288. The lowest BCUT2D eigenvalue weighted by Gasteiger charge is -2.18. The van der Waals surface area contributed by atoms with E-state index in [2.05, 4.69) is 10.4 Å². The largest absolute Gasteiger partial charge is 0.481 e. The number of carboxylic acids is 2. The van der Waals surface area contributed by atoms with Crippen LogP contribution < -0.4 is 5.32 Å². The summed E-state index contributed by atoms with van der Waals surface area (Å²) in [6.45, 7) is 1.89. The molecule has 1 aromatic heterocycles. The van der Waals surface area contributed by atoms with Crippen LogP contribution in [0.15, 0.2) is 36.5 Å². The summed E-state index contributed by atoms with van der Waals surface area (Å²) in [6.07, 6.45) is 1.22. The van der Waals surface area contributed by atoms with E-state index in [1.807, 2.05) is 31.2 Å². The number of nitrogens with one attached hydrogen (secondary N) is 1. The van der Waals surface area contributed by atoms with Crippen LogP contribution in [0.2, 0.25) is 0 Å². The van der Waals surface area contributed by atoms with Gasteiger partial charge < -0.3 is 15.5 Å². The number of hydrogen-bond acceptors (Lipinski definition) is 4. The monoisotopic (exact) mass is 331 g/mol. The van der Waals surface area contributed by atoms with Crippen LogP contribution >= 0.6 is 0 Å². The molecule has 3 N–H and O–H groups in total. The van der Waals surface area contributed by atoms with Crippen molar-refractivity contribution in [3.63, 3.8) is 0 Å². The second-order valence-corrected chi connectivity index (χ2v) is 5.31. The zero-order valence-corrected chi connectivity index (χ0v) is 13.0. The van der Waals surface area contributed by atoms with Gasteiger partial charge in [0.1, 0.15) is 0 Å². The molecule has 1 atom stereocenters. The first kappa shape index (κ1) is 17.2. The average Bonchev–Trinajstić information content (AvgIpc) is 2.98. The maximum atomic E-state index is 12.2. The summed E-state index contributed by atoms with van der Waals surface area (Å²) >= 11 is 0. The Hall–Kier alpha value is -3.16. The molecule has 0 aliphatic rings. The number of carbonyl (C=O) groups excluding carboxylic acids is 1. The summed E-state index contributed by atoms with van der Waals surface area (Å²) in [5, 5.41) is 24.3. The minimum Gasteiger partial charge on any atom is -0.481 e. The number of carbonyl (C=O) groups is 3. The van der Waals surface area contributed by atoms with Gasteiger partial charge in [0.25, 0.3) is 0 Å². The molecular formula is C16H17N3O5. The van der Waals surface area contributed by atoms with Crippen molar-refractivity contribution in [1.82, 2.24) is 15.1 Å². The molecule has 0 fully saturated rings. The van der Waals surface area contributed by atoms with Crippen molar-refractivity contribution in [1.29, 1.82) is 0 Å². The summed E-state index contributed by atoms with van der Waals surface area (Å²) in [5.74, 6) is -2.36. The fourth-order valence-corrected chi connectivity index (χ4v) is 2.35. The van der Waals surface area contributed by atoms with Gasteiger partial charge in [0.2, 0.25) is 0 Å². The highest BCUT2D eigenvalue weighted by Crippen LogP contribution is 2.12. The lowest BCUT2D eigenvalue weighted by Crippen LogP contribution is -2.41. The molecule has 8 nitrogen and oxygen atoms in total. The van der Waals surface area contributed by atoms with E-state index in [1.54, 1.807) is 0 Å². The van der Waals surface area contributed by atoms with Crippen molar-refractivity contribution in [3.05, 3.63) is 53.3 Å². The molecule has 8 heteroatoms. The SMILES string of the molecule is Cc1ccccc1CC(CC(=O)O)NC(=O)n1nccc1C(=O)O. The molecule has 126 valence electrons. The molecule has 0 aliphatic heterocycles. The molecule has 1 aromatic carbocycles. The number of aromatic nitrogens is 2. The topological polar surface area (TPSA) is 122 Å². The number of rotatable bonds is 6. The maximum absolute atomic E-state index is 12.2. The first-order valence-electron chi connectivity index (χ1n) is 7.23. The summed E-state index contributed by atoms with van der Waals surface area (Å²) in [4.78, 5) is 34.3. The molecule has 0 bridgehead atoms. The second kappa shape index (κ2) is 7.40. The van der Waals surface area contributed by atoms with Crippen LogP contribution in [0.5, 0.6) is 0 Å². The predicted molar refractivity (Wildman–Crippen MR) is 84.0 cm³/mol. The Labute approximate surface area is 137 Å². The molecule has 0 saturated heterocycles. The Morgan fingerprint density at radius 2 is 1.92 bits per heavy atom. The molecule has 24 heavy (non-hydrogen) atoms. The van der Waals surface area contributed by atoms with Crippen molar-refractivity contribution in [3.8, 4) is 0 Å². The molecule has 1 heterocycles. The number of nitrogens with zero attached hydrogens (tertiary/aromatic N) is 2. The van der Waals surface area contributed by atoms with E-state index in [1.165, 1.54) is 12.3 Å². The highest BCUT2D eigenvalue weighted by Gasteiger charge is 2.21. The maximum Gasteiger partial charge on any atom is 0.354 e. The van der Waals surface area contributed by atoms with Gasteiger partial charge in [0, 0.05) is 6.04 Å². The number of hydrogen-bond donors (Lipinski definition) is 3. The first-order valence-corrected chi connectivity index (χ1v) is 7.23. The highest BCUT2D eigenvalue weighted by molar-refractivity contribution is 5.91. The van der Waals surface area contributed by atoms with Crippen LogP contribution in [0, 0.1) is 6.92 Å². The van der Waals surface area contributed by atoms with Crippen LogP contribution in [0.1, 0.15) is 28.0 Å². The molecule has 0 saturated carbocycles. The normalized spacial score (nSPS) is 11.7. The zero-order chi connectivity index (χ0) is 17.7. The number of benzene rings is 1. The highest BCUT2D eigenvalue weighted by atomic mass is 16.4. The fourth-order valence-electron chi connectivity index (χ4n) is 2.35. The molecule has 0 aliphatic carbocycles. The van der Waals surface area contributed by atoms with Gasteiger partial charge in [0.15, 0.2) is 5.69 Å². The third-order valence-electron chi connectivity index (χ3n) is 3.53. The van der Waals surface area contributed by atoms with Crippen LogP contribution in [0.4, 0.5) is 4.79 Å². The van der Waals surface area contributed by atoms with Gasteiger partial charge in [-0.15, -0.1) is 0 Å². The minimum atomic E-state index is -1.30. The zero-order valence-electron chi connectivity index (χ0n) is 13.0. The predicted octanol–water partition coefficient (Wildman–Crippen LogP) is 1.53. The third kappa shape index (κ3) is 4.19. The smallest absolute Gasteiger partial charge is 0.354 e. The van der Waals surface area contributed by atoms with Crippen molar-refractivity contribution in [2.75, 3.05) is 0 Å². The first-order chi connectivity index (χ1) is 11.4. The third-order valence-corrected chi connectivity index (χ3v) is 3.53. The Kier molecular flexibility index (Phi) is 5.31. The molecular weight excluding hydrogens is 314 g/mol. The van der Waals surface area contributed by atoms with Crippen LogP contribution in [-0.4, -0.2) is 44.0 Å². The van der Waals surface area contributed by atoms with E-state index in [0.29, 0.717) is 11.1 Å². The number of aryl methyl sites for hydroxylation is 1. The van der Waals surface area contributed by atoms with E-state index < -0.39 is 24.0 Å². The van der Waals surface area contributed by atoms with Crippen LogP contribution in [0.25, 0.3) is 0 Å². The van der Waals surface area contributed by atoms with Crippen molar-refractivity contribution in [2.45, 2.75) is 25.8 Å². The quantitative estimate of drug-likeness (QED) is 0.738. The molecule has 1 unspecified atom stereocenters. The van der Waals surface area contributed by atoms with Crippen LogP contribution in [-0.2, 0) is 11.2 Å².